The molecule has 0 fully saturated rings. The van der Waals surface area contributed by atoms with Gasteiger partial charge in [-0.2, -0.15) is 8.42 Å². The fourth-order valence-electron chi connectivity index (χ4n) is 2.91. The summed E-state index contributed by atoms with van der Waals surface area (Å²) < 4.78 is 41.1. The summed E-state index contributed by atoms with van der Waals surface area (Å²) in [5.74, 6) is -3.48. The third kappa shape index (κ3) is 6.25. The Balaban J connectivity index is 2.04. The maximum atomic E-state index is 12.5. The highest BCUT2D eigenvalue weighted by molar-refractivity contribution is 7.87. The van der Waals surface area contributed by atoms with Gasteiger partial charge >= 0.3 is 5.97 Å². The second kappa shape index (κ2) is 10.2. The van der Waals surface area contributed by atoms with Crippen LogP contribution in [0.4, 0.5) is 0 Å². The van der Waals surface area contributed by atoms with Crippen LogP contribution in [0.15, 0.2) is 30.3 Å². The van der Waals surface area contributed by atoms with Crippen LogP contribution in [0, 0.1) is 0 Å². The number of carboxylic acids is 1. The molecule has 0 aliphatic carbocycles. The minimum atomic E-state index is -4.83. The molecular formula is C20H22O11S. The molecule has 0 bridgehead atoms. The zero-order valence-corrected chi connectivity index (χ0v) is 17.7. The molecule has 2 aromatic rings. The highest BCUT2D eigenvalue weighted by Gasteiger charge is 2.30. The molecule has 0 heterocycles. The van der Waals surface area contributed by atoms with Crippen molar-refractivity contribution in [2.75, 3.05) is 13.7 Å². The van der Waals surface area contributed by atoms with Crippen LogP contribution in [0.2, 0.25) is 0 Å². The third-order valence-corrected chi connectivity index (χ3v) is 5.67. The smallest absolute Gasteiger partial charge is 0.324 e. The second-order valence-corrected chi connectivity index (χ2v) is 8.34. The number of aliphatic carboxylic acids is 1. The Hall–Kier alpha value is -3.51. The van der Waals surface area contributed by atoms with E-state index in [1.54, 1.807) is 6.07 Å². The van der Waals surface area contributed by atoms with E-state index in [1.807, 2.05) is 0 Å². The van der Waals surface area contributed by atoms with Gasteiger partial charge in [-0.15, -0.1) is 0 Å². The molecule has 5 N–H and O–H groups in total. The van der Waals surface area contributed by atoms with Gasteiger partial charge in [-0.1, -0.05) is 6.07 Å². The number of aromatic hydroxyl groups is 3. The molecule has 12 heteroatoms. The van der Waals surface area contributed by atoms with Gasteiger partial charge in [0.15, 0.2) is 22.5 Å². The number of carboxylic acid groups (broad SMARTS) is 1. The van der Waals surface area contributed by atoms with Crippen LogP contribution < -0.4 is 9.47 Å². The van der Waals surface area contributed by atoms with Crippen molar-refractivity contribution in [3.05, 3.63) is 41.5 Å². The standard InChI is InChI=1S/C20H22O11S/c1-30-17-5-3-11(8-14(17)22)2-4-13(21)19-15(23)9-12(10-16(19)24)31-7-6-18(20(25)26)32(27,28)29/h3,5,8-10,18,22-24H,2,4,6-7H2,1H3,(H,25,26)(H,27,28,29). The second-order valence-electron chi connectivity index (χ2n) is 6.74. The topological polar surface area (TPSA) is 188 Å². The monoisotopic (exact) mass is 470 g/mol. The number of benzene rings is 2. The van der Waals surface area contributed by atoms with Crippen LogP contribution in [-0.2, 0) is 21.3 Å². The van der Waals surface area contributed by atoms with Crippen molar-refractivity contribution < 1.29 is 52.5 Å². The lowest BCUT2D eigenvalue weighted by Gasteiger charge is -2.13. The summed E-state index contributed by atoms with van der Waals surface area (Å²) >= 11 is 0. The zero-order valence-electron chi connectivity index (χ0n) is 16.9. The number of ether oxygens (including phenoxy) is 2. The van der Waals surface area contributed by atoms with Crippen molar-refractivity contribution in [2.45, 2.75) is 24.5 Å². The number of hydrogen-bond acceptors (Lipinski definition) is 9. The number of carbonyl (C=O) groups excluding carboxylic acids is 1. The summed E-state index contributed by atoms with van der Waals surface area (Å²) in [6.45, 7) is -0.468. The molecule has 1 atom stereocenters. The molecule has 2 aromatic carbocycles. The van der Waals surface area contributed by atoms with E-state index in [9.17, 15) is 33.3 Å². The van der Waals surface area contributed by atoms with Crippen molar-refractivity contribution in [3.63, 3.8) is 0 Å². The first-order valence-electron chi connectivity index (χ1n) is 9.21. The maximum Gasteiger partial charge on any atom is 0.324 e. The summed E-state index contributed by atoms with van der Waals surface area (Å²) in [6.07, 6.45) is -0.480. The number of aryl methyl sites for hydroxylation is 1. The number of Topliss-reactive ketones (excluding diaryl/α,β-unsaturated/α-hetero) is 1. The van der Waals surface area contributed by atoms with E-state index in [-0.39, 0.29) is 35.7 Å². The van der Waals surface area contributed by atoms with Crippen molar-refractivity contribution in [1.29, 1.82) is 0 Å². The van der Waals surface area contributed by atoms with Crippen LogP contribution in [-0.4, -0.2) is 64.1 Å². The molecule has 11 nitrogen and oxygen atoms in total. The van der Waals surface area contributed by atoms with Crippen molar-refractivity contribution in [3.8, 4) is 28.7 Å². The van der Waals surface area contributed by atoms with Gasteiger partial charge < -0.3 is 29.9 Å². The van der Waals surface area contributed by atoms with Crippen LogP contribution in [0.25, 0.3) is 0 Å². The molecule has 0 radical (unpaired) electrons. The van der Waals surface area contributed by atoms with Crippen molar-refractivity contribution in [2.24, 2.45) is 0 Å². The SMILES string of the molecule is COc1ccc(CCC(=O)c2c(O)cc(OCCC(C(=O)O)S(=O)(=O)O)cc2O)cc1O. The minimum absolute atomic E-state index is 0.0937. The van der Waals surface area contributed by atoms with Crippen LogP contribution in [0.5, 0.6) is 28.7 Å². The summed E-state index contributed by atoms with van der Waals surface area (Å²) in [4.78, 5) is 23.4. The molecule has 0 spiro atoms. The van der Waals surface area contributed by atoms with Gasteiger partial charge in [0.25, 0.3) is 10.1 Å². The molecule has 1 unspecified atom stereocenters. The lowest BCUT2D eigenvalue weighted by molar-refractivity contribution is -0.136. The Bertz CT molecular complexity index is 1090. The Morgan fingerprint density at radius 3 is 2.16 bits per heavy atom. The fourth-order valence-corrected chi connectivity index (χ4v) is 3.56. The molecule has 0 aliphatic rings. The largest absolute Gasteiger partial charge is 0.507 e. The third-order valence-electron chi connectivity index (χ3n) is 4.52. The Morgan fingerprint density at radius 2 is 1.66 bits per heavy atom. The van der Waals surface area contributed by atoms with E-state index >= 15 is 0 Å². The number of hydrogen-bond donors (Lipinski definition) is 5. The van der Waals surface area contributed by atoms with E-state index in [1.165, 1.54) is 19.2 Å². The predicted octanol–water partition coefficient (Wildman–Crippen LogP) is 1.74. The quantitative estimate of drug-likeness (QED) is 0.238. The first-order valence-corrected chi connectivity index (χ1v) is 10.7. The average Bonchev–Trinajstić information content (AvgIpc) is 2.68. The highest BCUT2D eigenvalue weighted by Crippen LogP contribution is 2.34. The average molecular weight is 470 g/mol. The summed E-state index contributed by atoms with van der Waals surface area (Å²) in [5.41, 5.74) is 0.277. The zero-order chi connectivity index (χ0) is 24.1. The van der Waals surface area contributed by atoms with Crippen LogP contribution in [0.3, 0.4) is 0 Å². The highest BCUT2D eigenvalue weighted by atomic mass is 32.2. The van der Waals surface area contributed by atoms with E-state index in [2.05, 4.69) is 0 Å². The van der Waals surface area contributed by atoms with Gasteiger partial charge in [-0.25, -0.2) is 0 Å². The number of phenols is 3. The lowest BCUT2D eigenvalue weighted by Crippen LogP contribution is -2.31. The summed E-state index contributed by atoms with van der Waals surface area (Å²) in [5, 5.41) is 36.8. The van der Waals surface area contributed by atoms with Gasteiger partial charge in [0.05, 0.1) is 13.7 Å². The molecule has 0 saturated carbocycles. The van der Waals surface area contributed by atoms with Gasteiger partial charge in [-0.05, 0) is 24.1 Å². The number of carbonyl (C=O) groups is 2. The number of methoxy groups -OCH3 is 1. The van der Waals surface area contributed by atoms with Crippen molar-refractivity contribution in [1.82, 2.24) is 0 Å². The maximum absolute atomic E-state index is 12.5. The molecule has 0 saturated heterocycles. The molecular weight excluding hydrogens is 448 g/mol. The number of rotatable bonds is 11. The van der Waals surface area contributed by atoms with Crippen molar-refractivity contribution >= 4 is 21.9 Å². The van der Waals surface area contributed by atoms with Gasteiger partial charge in [0.2, 0.25) is 0 Å². The molecule has 174 valence electrons. The normalized spacial score (nSPS) is 12.2. The number of ketones is 1. The van der Waals surface area contributed by atoms with E-state index in [0.29, 0.717) is 5.56 Å². The molecule has 0 aromatic heterocycles. The molecule has 2 rings (SSSR count). The summed E-state index contributed by atoms with van der Waals surface area (Å²) in [6, 6.07) is 6.64. The Morgan fingerprint density at radius 1 is 1.03 bits per heavy atom. The first kappa shape index (κ1) is 24.8. The molecule has 0 amide bonds. The number of phenolic OH excluding ortho intramolecular Hbond substituents is 3. The summed E-state index contributed by atoms with van der Waals surface area (Å²) in [7, 11) is -3.44. The Kier molecular flexibility index (Phi) is 7.89. The lowest BCUT2D eigenvalue weighted by atomic mass is 10.0. The van der Waals surface area contributed by atoms with Gasteiger partial charge in [0.1, 0.15) is 22.8 Å². The van der Waals surface area contributed by atoms with E-state index < -0.39 is 51.6 Å². The van der Waals surface area contributed by atoms with Gasteiger partial charge in [-0.3, -0.25) is 14.1 Å². The fraction of sp³-hybridized carbons (Fsp3) is 0.300. The van der Waals surface area contributed by atoms with E-state index in [4.69, 9.17) is 19.1 Å². The Labute approximate surface area is 183 Å². The minimum Gasteiger partial charge on any atom is -0.507 e. The van der Waals surface area contributed by atoms with Crippen LogP contribution in [0.1, 0.15) is 28.8 Å². The van der Waals surface area contributed by atoms with E-state index in [0.717, 1.165) is 12.1 Å². The molecule has 0 aliphatic heterocycles. The van der Waals surface area contributed by atoms with Gasteiger partial charge in [0, 0.05) is 25.0 Å². The first-order chi connectivity index (χ1) is 14.9. The molecule has 32 heavy (non-hydrogen) atoms. The predicted molar refractivity (Wildman–Crippen MR) is 110 cm³/mol. The van der Waals surface area contributed by atoms with Crippen LogP contribution >= 0.6 is 0 Å².